The predicted octanol–water partition coefficient (Wildman–Crippen LogP) is 3.04. The maximum atomic E-state index is 12.5. The van der Waals surface area contributed by atoms with Crippen LogP contribution >= 0.6 is 0 Å². The maximum absolute atomic E-state index is 12.5. The van der Waals surface area contributed by atoms with E-state index in [1.54, 1.807) is 0 Å². The Morgan fingerprint density at radius 1 is 1.32 bits per heavy atom. The number of nitrogens with zero attached hydrogens (tertiary/aromatic N) is 1. The first-order valence-electron chi connectivity index (χ1n) is 9.84. The molecule has 2 heterocycles. The summed E-state index contributed by atoms with van der Waals surface area (Å²) in [6.45, 7) is 6.60. The normalized spacial score (nSPS) is 22.0. The van der Waals surface area contributed by atoms with Gasteiger partial charge < -0.3 is 19.7 Å². The summed E-state index contributed by atoms with van der Waals surface area (Å²) in [6, 6.07) is 2.14. The van der Waals surface area contributed by atoms with Gasteiger partial charge in [-0.05, 0) is 38.7 Å². The van der Waals surface area contributed by atoms with Crippen LogP contribution in [0, 0.1) is 6.92 Å². The lowest BCUT2D eigenvalue weighted by Crippen LogP contribution is -2.50. The lowest BCUT2D eigenvalue weighted by Gasteiger charge is -2.40. The van der Waals surface area contributed by atoms with Gasteiger partial charge in [-0.3, -0.25) is 4.79 Å². The standard InChI is InChI=1S/C20H32N2O3/c1-3-17-13-15(2)18(25-17)19(23)21-16-7-11-22(12-8-16)14-20(24)9-5-4-6-10-20/h13,16,24H,3-12,14H2,1-2H3,(H,21,23). The molecule has 3 rings (SSSR count). The Morgan fingerprint density at radius 3 is 2.60 bits per heavy atom. The Labute approximate surface area is 150 Å². The highest BCUT2D eigenvalue weighted by atomic mass is 16.4. The third-order valence-corrected chi connectivity index (χ3v) is 5.75. The topological polar surface area (TPSA) is 65.7 Å². The number of hydrogen-bond acceptors (Lipinski definition) is 4. The van der Waals surface area contributed by atoms with Crippen LogP contribution in [-0.2, 0) is 6.42 Å². The van der Waals surface area contributed by atoms with Gasteiger partial charge in [0.1, 0.15) is 5.76 Å². The lowest BCUT2D eigenvalue weighted by atomic mass is 9.84. The second-order valence-electron chi connectivity index (χ2n) is 7.89. The highest BCUT2D eigenvalue weighted by Crippen LogP contribution is 2.29. The Bertz CT molecular complexity index is 582. The molecular weight excluding hydrogens is 316 g/mol. The molecule has 5 heteroatoms. The number of nitrogens with one attached hydrogen (secondary N) is 1. The van der Waals surface area contributed by atoms with Crippen molar-refractivity contribution in [2.75, 3.05) is 19.6 Å². The zero-order valence-electron chi connectivity index (χ0n) is 15.6. The molecule has 0 radical (unpaired) electrons. The Morgan fingerprint density at radius 2 is 2.00 bits per heavy atom. The van der Waals surface area contributed by atoms with E-state index in [2.05, 4.69) is 10.2 Å². The summed E-state index contributed by atoms with van der Waals surface area (Å²) < 4.78 is 5.65. The van der Waals surface area contributed by atoms with Crippen molar-refractivity contribution in [3.05, 3.63) is 23.2 Å². The lowest BCUT2D eigenvalue weighted by molar-refractivity contribution is -0.0312. The first-order chi connectivity index (χ1) is 12.0. The van der Waals surface area contributed by atoms with Gasteiger partial charge in [0.25, 0.3) is 5.91 Å². The number of amides is 1. The highest BCUT2D eigenvalue weighted by Gasteiger charge is 2.33. The summed E-state index contributed by atoms with van der Waals surface area (Å²) in [5, 5.41) is 13.8. The smallest absolute Gasteiger partial charge is 0.287 e. The largest absolute Gasteiger partial charge is 0.456 e. The van der Waals surface area contributed by atoms with Crippen molar-refractivity contribution in [1.82, 2.24) is 10.2 Å². The molecule has 0 spiro atoms. The van der Waals surface area contributed by atoms with Crippen molar-refractivity contribution in [2.45, 2.75) is 76.9 Å². The summed E-state index contributed by atoms with van der Waals surface area (Å²) in [5.41, 5.74) is 0.419. The minimum Gasteiger partial charge on any atom is -0.456 e. The number of hydrogen-bond donors (Lipinski definition) is 2. The molecule has 0 atom stereocenters. The van der Waals surface area contributed by atoms with E-state index in [9.17, 15) is 9.90 Å². The van der Waals surface area contributed by atoms with Crippen molar-refractivity contribution in [3.8, 4) is 0 Å². The number of piperidine rings is 1. The van der Waals surface area contributed by atoms with Crippen molar-refractivity contribution in [3.63, 3.8) is 0 Å². The van der Waals surface area contributed by atoms with Gasteiger partial charge in [-0.25, -0.2) is 0 Å². The van der Waals surface area contributed by atoms with E-state index >= 15 is 0 Å². The maximum Gasteiger partial charge on any atom is 0.287 e. The Balaban J connectivity index is 1.47. The SMILES string of the molecule is CCc1cc(C)c(C(=O)NC2CCN(CC3(O)CCCCC3)CC2)o1. The van der Waals surface area contributed by atoms with Crippen LogP contribution < -0.4 is 5.32 Å². The van der Waals surface area contributed by atoms with E-state index in [0.717, 1.165) is 75.9 Å². The molecule has 2 N–H and O–H groups in total. The third-order valence-electron chi connectivity index (χ3n) is 5.75. The van der Waals surface area contributed by atoms with Crippen molar-refractivity contribution >= 4 is 5.91 Å². The minimum absolute atomic E-state index is 0.0958. The molecule has 0 unspecified atom stereocenters. The highest BCUT2D eigenvalue weighted by molar-refractivity contribution is 5.93. The quantitative estimate of drug-likeness (QED) is 0.858. The van der Waals surface area contributed by atoms with Crippen LogP contribution in [0.15, 0.2) is 10.5 Å². The van der Waals surface area contributed by atoms with E-state index in [-0.39, 0.29) is 11.9 Å². The molecule has 1 aliphatic heterocycles. The average Bonchev–Trinajstić information content (AvgIpc) is 2.98. The van der Waals surface area contributed by atoms with E-state index in [0.29, 0.717) is 5.76 Å². The van der Waals surface area contributed by atoms with Crippen molar-refractivity contribution < 1.29 is 14.3 Å². The van der Waals surface area contributed by atoms with Crippen molar-refractivity contribution in [1.29, 1.82) is 0 Å². The van der Waals surface area contributed by atoms with E-state index in [1.165, 1.54) is 6.42 Å². The van der Waals surface area contributed by atoms with E-state index in [1.807, 2.05) is 19.9 Å². The van der Waals surface area contributed by atoms with Crippen LogP contribution in [0.2, 0.25) is 0 Å². The second kappa shape index (κ2) is 7.92. The fourth-order valence-electron chi connectivity index (χ4n) is 4.22. The number of rotatable bonds is 5. The van der Waals surface area contributed by atoms with Crippen LogP contribution in [0.25, 0.3) is 0 Å². The predicted molar refractivity (Wildman–Crippen MR) is 97.8 cm³/mol. The van der Waals surface area contributed by atoms with Crippen LogP contribution in [0.3, 0.4) is 0 Å². The average molecular weight is 348 g/mol. The number of aryl methyl sites for hydroxylation is 2. The molecule has 1 amide bonds. The van der Waals surface area contributed by atoms with Gasteiger partial charge in [0, 0.05) is 37.7 Å². The fourth-order valence-corrected chi connectivity index (χ4v) is 4.22. The molecule has 5 nitrogen and oxygen atoms in total. The van der Waals surface area contributed by atoms with Crippen LogP contribution in [0.4, 0.5) is 0 Å². The summed E-state index contributed by atoms with van der Waals surface area (Å²) in [4.78, 5) is 14.8. The van der Waals surface area contributed by atoms with E-state index < -0.39 is 5.60 Å². The first kappa shape index (κ1) is 18.5. The molecule has 2 aliphatic rings. The van der Waals surface area contributed by atoms with Gasteiger partial charge in [-0.2, -0.15) is 0 Å². The number of likely N-dealkylation sites (tertiary alicyclic amines) is 1. The molecule has 25 heavy (non-hydrogen) atoms. The number of aliphatic hydroxyl groups is 1. The van der Waals surface area contributed by atoms with Gasteiger partial charge >= 0.3 is 0 Å². The Kier molecular flexibility index (Phi) is 5.85. The molecule has 0 bridgehead atoms. The van der Waals surface area contributed by atoms with Gasteiger partial charge in [-0.1, -0.05) is 26.2 Å². The number of carbonyl (C=O) groups excluding carboxylic acids is 1. The minimum atomic E-state index is -0.490. The molecule has 140 valence electrons. The molecule has 0 aromatic carbocycles. The summed E-state index contributed by atoms with van der Waals surface area (Å²) in [7, 11) is 0. The summed E-state index contributed by atoms with van der Waals surface area (Å²) in [6.07, 6.45) is 8.07. The van der Waals surface area contributed by atoms with Gasteiger partial charge in [0.15, 0.2) is 5.76 Å². The summed E-state index contributed by atoms with van der Waals surface area (Å²) in [5.74, 6) is 1.22. The Hall–Kier alpha value is -1.33. The molecule has 1 aromatic heterocycles. The number of furan rings is 1. The first-order valence-corrected chi connectivity index (χ1v) is 9.84. The molecule has 1 saturated carbocycles. The number of β-amino-alcohol motifs (C(OH)–C–C–N with tert-alkyl or cyclic N) is 1. The third kappa shape index (κ3) is 4.64. The van der Waals surface area contributed by atoms with Crippen LogP contribution in [-0.4, -0.2) is 47.2 Å². The fraction of sp³-hybridized carbons (Fsp3) is 0.750. The molecular formula is C20H32N2O3. The van der Waals surface area contributed by atoms with Gasteiger partial charge in [-0.15, -0.1) is 0 Å². The zero-order valence-corrected chi connectivity index (χ0v) is 15.6. The molecule has 2 fully saturated rings. The van der Waals surface area contributed by atoms with Gasteiger partial charge in [0.05, 0.1) is 5.60 Å². The molecule has 1 saturated heterocycles. The molecule has 1 aliphatic carbocycles. The van der Waals surface area contributed by atoms with Crippen LogP contribution in [0.1, 0.15) is 73.7 Å². The second-order valence-corrected chi connectivity index (χ2v) is 7.89. The van der Waals surface area contributed by atoms with E-state index in [4.69, 9.17) is 4.42 Å². The zero-order chi connectivity index (χ0) is 17.9. The van der Waals surface area contributed by atoms with Gasteiger partial charge in [0.2, 0.25) is 0 Å². The molecule has 1 aromatic rings. The summed E-state index contributed by atoms with van der Waals surface area (Å²) >= 11 is 0. The van der Waals surface area contributed by atoms with Crippen LogP contribution in [0.5, 0.6) is 0 Å². The number of carbonyl (C=O) groups is 1. The van der Waals surface area contributed by atoms with Crippen molar-refractivity contribution in [2.24, 2.45) is 0 Å². The monoisotopic (exact) mass is 348 g/mol.